The van der Waals surface area contributed by atoms with Crippen LogP contribution in [0.5, 0.6) is 0 Å². The van der Waals surface area contributed by atoms with Gasteiger partial charge in [-0.1, -0.05) is 0 Å². The Morgan fingerprint density at radius 2 is 1.00 bits per heavy atom. The van der Waals surface area contributed by atoms with Gasteiger partial charge in [0.25, 0.3) is 0 Å². The monoisotopic (exact) mass is 175 g/mol. The Morgan fingerprint density at radius 1 is 1.00 bits per heavy atom. The van der Waals surface area contributed by atoms with Crippen LogP contribution in [0.25, 0.3) is 0 Å². The number of rotatable bonds is 0. The van der Waals surface area contributed by atoms with E-state index in [-0.39, 0.29) is 43.9 Å². The zero-order valence-electron chi connectivity index (χ0n) is 6.05. The van der Waals surface area contributed by atoms with Gasteiger partial charge in [0.1, 0.15) is 0 Å². The van der Waals surface area contributed by atoms with Gasteiger partial charge in [0.05, 0.1) is 0 Å². The van der Waals surface area contributed by atoms with Crippen molar-refractivity contribution in [3.63, 3.8) is 0 Å². The molecule has 0 aromatic rings. The molecule has 0 radical (unpaired) electrons. The smallest absolute Gasteiger partial charge is 0.550 e. The molecule has 0 saturated carbocycles. The van der Waals surface area contributed by atoms with Crippen LogP contribution in [0.4, 0.5) is 0 Å². The van der Waals surface area contributed by atoms with E-state index in [2.05, 4.69) is 0 Å². The van der Waals surface area contributed by atoms with Gasteiger partial charge in [0.15, 0.2) is 0 Å². The molecule has 0 heterocycles. The third kappa shape index (κ3) is 16400. The van der Waals surface area contributed by atoms with Crippen LogP contribution in [-0.2, 0) is 9.59 Å². The first-order valence-corrected chi connectivity index (χ1v) is 1.82. The van der Waals surface area contributed by atoms with Crippen molar-refractivity contribution in [2.75, 3.05) is 0 Å². The van der Waals surface area contributed by atoms with Crippen LogP contribution in [-0.4, -0.2) is 49.7 Å². The summed E-state index contributed by atoms with van der Waals surface area (Å²) >= 11 is 0. The quantitative estimate of drug-likeness (QED) is 0.402. The SMILES string of the molecule is CC(=O)[O-].CC(=O)[O-].N.[Ca+2]. The summed E-state index contributed by atoms with van der Waals surface area (Å²) in [5.74, 6) is -2.17. The summed E-state index contributed by atoms with van der Waals surface area (Å²) in [5.41, 5.74) is 0. The van der Waals surface area contributed by atoms with E-state index >= 15 is 0 Å². The Balaban J connectivity index is -0.0000000300. The van der Waals surface area contributed by atoms with E-state index in [1.54, 1.807) is 0 Å². The van der Waals surface area contributed by atoms with E-state index in [1.807, 2.05) is 0 Å². The third-order valence-corrected chi connectivity index (χ3v) is 0. The van der Waals surface area contributed by atoms with E-state index in [0.717, 1.165) is 13.8 Å². The summed E-state index contributed by atoms with van der Waals surface area (Å²) in [4.78, 5) is 17.8. The molecule has 0 rings (SSSR count). The summed E-state index contributed by atoms with van der Waals surface area (Å²) in [5, 5.41) is 17.8. The fraction of sp³-hybridized carbons (Fsp3) is 0.500. The molecule has 0 fully saturated rings. The molecule has 10 heavy (non-hydrogen) atoms. The first kappa shape index (κ1) is 22.5. The zero-order chi connectivity index (χ0) is 7.15. The maximum atomic E-state index is 8.89. The van der Waals surface area contributed by atoms with Crippen LogP contribution in [0.15, 0.2) is 0 Å². The Bertz CT molecular complexity index is 75.3. The van der Waals surface area contributed by atoms with Crippen molar-refractivity contribution < 1.29 is 19.8 Å². The van der Waals surface area contributed by atoms with E-state index in [0.29, 0.717) is 0 Å². The molecule has 0 unspecified atom stereocenters. The van der Waals surface area contributed by atoms with Gasteiger partial charge in [-0.15, -0.1) is 0 Å². The summed E-state index contributed by atoms with van der Waals surface area (Å²) < 4.78 is 0. The molecule has 6 heteroatoms. The van der Waals surface area contributed by atoms with E-state index in [1.165, 1.54) is 0 Å². The van der Waals surface area contributed by atoms with Crippen molar-refractivity contribution in [1.29, 1.82) is 0 Å². The number of hydrogen-bond acceptors (Lipinski definition) is 5. The normalized spacial score (nSPS) is 5.00. The number of carbonyl (C=O) groups excluding carboxylic acids is 2. The molecule has 0 aliphatic heterocycles. The Hall–Kier alpha value is 0.160. The molecule has 0 spiro atoms. The summed E-state index contributed by atoms with van der Waals surface area (Å²) in [6, 6.07) is 0. The van der Waals surface area contributed by atoms with Crippen LogP contribution in [0.1, 0.15) is 13.8 Å². The molecule has 3 N–H and O–H groups in total. The van der Waals surface area contributed by atoms with Gasteiger partial charge in [-0.2, -0.15) is 0 Å². The largest absolute Gasteiger partial charge is 2.00 e. The summed E-state index contributed by atoms with van der Waals surface area (Å²) in [7, 11) is 0. The Labute approximate surface area is 89.0 Å². The second kappa shape index (κ2) is 16.1. The van der Waals surface area contributed by atoms with Crippen molar-refractivity contribution in [2.24, 2.45) is 0 Å². The number of carboxylic acids is 2. The molecular formula is C4H9CaNO4. The number of aliphatic carboxylic acids is 2. The van der Waals surface area contributed by atoms with Gasteiger partial charge in [-0.3, -0.25) is 0 Å². The van der Waals surface area contributed by atoms with Crippen LogP contribution >= 0.6 is 0 Å². The molecule has 0 saturated heterocycles. The predicted octanol–water partition coefficient (Wildman–Crippen LogP) is -2.71. The van der Waals surface area contributed by atoms with Gasteiger partial charge in [-0.25, -0.2) is 0 Å². The summed E-state index contributed by atoms with van der Waals surface area (Å²) in [6.07, 6.45) is 0. The van der Waals surface area contributed by atoms with E-state index in [4.69, 9.17) is 19.8 Å². The molecule has 0 aliphatic carbocycles. The van der Waals surface area contributed by atoms with Gasteiger partial charge < -0.3 is 26.0 Å². The first-order valence-electron chi connectivity index (χ1n) is 1.82. The summed E-state index contributed by atoms with van der Waals surface area (Å²) in [6.45, 7) is 1.94. The third-order valence-electron chi connectivity index (χ3n) is 0. The molecule has 56 valence electrons. The molecule has 0 amide bonds. The number of carboxylic acid groups (broad SMARTS) is 2. The number of hydrogen-bond donors (Lipinski definition) is 1. The van der Waals surface area contributed by atoms with E-state index in [9.17, 15) is 0 Å². The second-order valence-corrected chi connectivity index (χ2v) is 0.983. The molecule has 0 bridgehead atoms. The minimum absolute atomic E-state index is 0. The molecule has 0 aromatic heterocycles. The Kier molecular flexibility index (Phi) is 36.1. The van der Waals surface area contributed by atoms with Gasteiger partial charge in [-0.05, 0) is 13.8 Å². The minimum atomic E-state index is -1.08. The molecule has 0 aliphatic rings. The van der Waals surface area contributed by atoms with Crippen molar-refractivity contribution in [2.45, 2.75) is 13.8 Å². The molecule has 0 atom stereocenters. The standard InChI is InChI=1S/2C2H4O2.Ca.H3N/c2*1-2(3)4;;/h2*1H3,(H,3,4);;1H3/q;;+2;/p-2. The Morgan fingerprint density at radius 3 is 1.00 bits per heavy atom. The van der Waals surface area contributed by atoms with Crippen molar-refractivity contribution in [1.82, 2.24) is 6.15 Å². The van der Waals surface area contributed by atoms with Crippen LogP contribution in [0, 0.1) is 0 Å². The maximum absolute atomic E-state index is 8.89. The van der Waals surface area contributed by atoms with E-state index < -0.39 is 11.9 Å². The predicted molar refractivity (Wildman–Crippen MR) is 32.1 cm³/mol. The average Bonchev–Trinajstić information content (AvgIpc) is 1.25. The van der Waals surface area contributed by atoms with Crippen LogP contribution < -0.4 is 16.4 Å². The minimum Gasteiger partial charge on any atom is -0.550 e. The van der Waals surface area contributed by atoms with Crippen LogP contribution in [0.3, 0.4) is 0 Å². The van der Waals surface area contributed by atoms with Gasteiger partial charge >= 0.3 is 37.7 Å². The van der Waals surface area contributed by atoms with Gasteiger partial charge in [0.2, 0.25) is 0 Å². The number of carbonyl (C=O) groups is 2. The molecule has 5 nitrogen and oxygen atoms in total. The first-order chi connectivity index (χ1) is 3.46. The average molecular weight is 175 g/mol. The molecular weight excluding hydrogens is 166 g/mol. The maximum Gasteiger partial charge on any atom is 2.00 e. The second-order valence-electron chi connectivity index (χ2n) is 0.983. The fourth-order valence-electron chi connectivity index (χ4n) is 0. The van der Waals surface area contributed by atoms with Crippen molar-refractivity contribution in [3.05, 3.63) is 0 Å². The fourth-order valence-corrected chi connectivity index (χ4v) is 0. The van der Waals surface area contributed by atoms with Gasteiger partial charge in [0, 0.05) is 11.9 Å². The zero-order valence-corrected chi connectivity index (χ0v) is 8.26. The molecule has 0 aromatic carbocycles. The van der Waals surface area contributed by atoms with Crippen molar-refractivity contribution >= 4 is 49.7 Å². The van der Waals surface area contributed by atoms with Crippen molar-refractivity contribution in [3.8, 4) is 0 Å². The topological polar surface area (TPSA) is 115 Å². The van der Waals surface area contributed by atoms with Crippen LogP contribution in [0.2, 0.25) is 0 Å².